The fraction of sp³-hybridized carbons (Fsp3) is 0.318. The highest BCUT2D eigenvalue weighted by Gasteiger charge is 2.35. The van der Waals surface area contributed by atoms with E-state index in [1.807, 2.05) is 19.9 Å². The van der Waals surface area contributed by atoms with Crippen LogP contribution >= 0.6 is 0 Å². The van der Waals surface area contributed by atoms with E-state index >= 15 is 0 Å². The Kier molecular flexibility index (Phi) is 6.16. The third kappa shape index (κ3) is 4.39. The molecule has 29 heavy (non-hydrogen) atoms. The zero-order valence-electron chi connectivity index (χ0n) is 16.8. The normalized spacial score (nSPS) is 12.7. The quantitative estimate of drug-likeness (QED) is 0.694. The Bertz CT molecular complexity index is 954. The van der Waals surface area contributed by atoms with Crippen LogP contribution in [-0.4, -0.2) is 42.9 Å². The van der Waals surface area contributed by atoms with E-state index in [1.54, 1.807) is 37.4 Å². The van der Waals surface area contributed by atoms with Crippen LogP contribution in [0.5, 0.6) is 11.5 Å². The molecule has 1 aliphatic rings. The maximum atomic E-state index is 12.5. The zero-order valence-corrected chi connectivity index (χ0v) is 16.8. The zero-order chi connectivity index (χ0) is 21.0. The number of nitrogens with zero attached hydrogens (tertiary/aromatic N) is 1. The largest absolute Gasteiger partial charge is 0.493 e. The highest BCUT2D eigenvalue weighted by Crippen LogP contribution is 2.28. The van der Waals surface area contributed by atoms with Gasteiger partial charge in [0, 0.05) is 19.5 Å². The van der Waals surface area contributed by atoms with Gasteiger partial charge in [-0.1, -0.05) is 17.7 Å². The van der Waals surface area contributed by atoms with Gasteiger partial charge in [0.1, 0.15) is 0 Å². The monoisotopic (exact) mass is 396 g/mol. The van der Waals surface area contributed by atoms with Gasteiger partial charge >= 0.3 is 0 Å². The molecule has 0 aliphatic carbocycles. The summed E-state index contributed by atoms with van der Waals surface area (Å²) in [5.74, 6) is 0.295. The fourth-order valence-corrected chi connectivity index (χ4v) is 3.21. The Morgan fingerprint density at radius 1 is 1.03 bits per heavy atom. The molecule has 7 heteroatoms. The highest BCUT2D eigenvalue weighted by atomic mass is 16.5. The maximum Gasteiger partial charge on any atom is 0.261 e. The minimum atomic E-state index is -0.353. The van der Waals surface area contributed by atoms with Crippen LogP contribution in [0.1, 0.15) is 45.2 Å². The van der Waals surface area contributed by atoms with Gasteiger partial charge in [0.05, 0.1) is 24.8 Å². The number of benzene rings is 2. The number of carbonyl (C=O) groups excluding carboxylic acids is 3. The van der Waals surface area contributed by atoms with E-state index in [-0.39, 0.29) is 30.7 Å². The van der Waals surface area contributed by atoms with Crippen molar-refractivity contribution in [3.05, 3.63) is 58.7 Å². The summed E-state index contributed by atoms with van der Waals surface area (Å²) >= 11 is 0. The summed E-state index contributed by atoms with van der Waals surface area (Å²) in [7, 11) is 1.56. The number of aryl methyl sites for hydroxylation is 1. The third-order valence-electron chi connectivity index (χ3n) is 4.71. The van der Waals surface area contributed by atoms with E-state index in [9.17, 15) is 14.4 Å². The van der Waals surface area contributed by atoms with E-state index < -0.39 is 0 Å². The van der Waals surface area contributed by atoms with Crippen molar-refractivity contribution in [2.45, 2.75) is 26.8 Å². The highest BCUT2D eigenvalue weighted by molar-refractivity contribution is 6.21. The summed E-state index contributed by atoms with van der Waals surface area (Å²) in [5, 5.41) is 2.80. The van der Waals surface area contributed by atoms with Crippen LogP contribution in [0.2, 0.25) is 0 Å². The van der Waals surface area contributed by atoms with Gasteiger partial charge in [0.15, 0.2) is 11.5 Å². The Labute approximate surface area is 169 Å². The molecule has 152 valence electrons. The number of imide groups is 1. The van der Waals surface area contributed by atoms with Crippen LogP contribution in [0, 0.1) is 6.92 Å². The smallest absolute Gasteiger partial charge is 0.261 e. The first-order valence-electron chi connectivity index (χ1n) is 9.47. The SMILES string of the molecule is CCOc1ccc(CNC(=O)CCN2C(=O)c3ccc(C)cc3C2=O)cc1OC. The Hall–Kier alpha value is -3.35. The van der Waals surface area contributed by atoms with Crippen molar-refractivity contribution in [2.75, 3.05) is 20.3 Å². The van der Waals surface area contributed by atoms with Crippen LogP contribution in [0.4, 0.5) is 0 Å². The Balaban J connectivity index is 1.54. The molecule has 0 saturated heterocycles. The molecule has 1 N–H and O–H groups in total. The van der Waals surface area contributed by atoms with Crippen LogP contribution in [0.3, 0.4) is 0 Å². The number of methoxy groups -OCH3 is 1. The van der Waals surface area contributed by atoms with Crippen molar-refractivity contribution in [3.63, 3.8) is 0 Å². The molecule has 0 unspecified atom stereocenters. The molecule has 3 rings (SSSR count). The van der Waals surface area contributed by atoms with E-state index in [0.717, 1.165) is 16.0 Å². The molecule has 0 bridgehead atoms. The number of ether oxygens (including phenoxy) is 2. The van der Waals surface area contributed by atoms with Crippen molar-refractivity contribution >= 4 is 17.7 Å². The number of amides is 3. The molecule has 1 heterocycles. The van der Waals surface area contributed by atoms with Crippen molar-refractivity contribution < 1.29 is 23.9 Å². The van der Waals surface area contributed by atoms with E-state index in [2.05, 4.69) is 5.32 Å². The molecular formula is C22H24N2O5. The van der Waals surface area contributed by atoms with Gasteiger partial charge in [0.25, 0.3) is 11.8 Å². The molecule has 0 saturated carbocycles. The van der Waals surface area contributed by atoms with Crippen LogP contribution in [0.25, 0.3) is 0 Å². The lowest BCUT2D eigenvalue weighted by Crippen LogP contribution is -2.34. The van der Waals surface area contributed by atoms with Crippen molar-refractivity contribution in [3.8, 4) is 11.5 Å². The summed E-state index contributed by atoms with van der Waals surface area (Å²) in [6, 6.07) is 10.6. The van der Waals surface area contributed by atoms with Gasteiger partial charge in [-0.2, -0.15) is 0 Å². The molecule has 0 spiro atoms. The number of carbonyl (C=O) groups is 3. The molecule has 2 aromatic rings. The summed E-state index contributed by atoms with van der Waals surface area (Å²) in [4.78, 5) is 38.2. The first-order chi connectivity index (χ1) is 13.9. The lowest BCUT2D eigenvalue weighted by Gasteiger charge is -2.14. The lowest BCUT2D eigenvalue weighted by atomic mass is 10.1. The maximum absolute atomic E-state index is 12.5. The number of hydrogen-bond acceptors (Lipinski definition) is 5. The molecule has 0 aromatic heterocycles. The molecule has 7 nitrogen and oxygen atoms in total. The number of hydrogen-bond donors (Lipinski definition) is 1. The first-order valence-corrected chi connectivity index (χ1v) is 9.47. The molecule has 2 aromatic carbocycles. The first kappa shape index (κ1) is 20.4. The molecule has 0 radical (unpaired) electrons. The second-order valence-corrected chi connectivity index (χ2v) is 6.76. The van der Waals surface area contributed by atoms with Crippen LogP contribution in [-0.2, 0) is 11.3 Å². The summed E-state index contributed by atoms with van der Waals surface area (Å²) in [6.45, 7) is 4.64. The van der Waals surface area contributed by atoms with Gasteiger partial charge in [-0.15, -0.1) is 0 Å². The Morgan fingerprint density at radius 2 is 1.79 bits per heavy atom. The van der Waals surface area contributed by atoms with Gasteiger partial charge in [0.2, 0.25) is 5.91 Å². The fourth-order valence-electron chi connectivity index (χ4n) is 3.21. The minimum absolute atomic E-state index is 0.0403. The second kappa shape index (κ2) is 8.77. The third-order valence-corrected chi connectivity index (χ3v) is 4.71. The molecule has 0 atom stereocenters. The predicted molar refractivity (Wildman–Crippen MR) is 107 cm³/mol. The van der Waals surface area contributed by atoms with Gasteiger partial charge in [-0.25, -0.2) is 0 Å². The molecule has 1 aliphatic heterocycles. The average Bonchev–Trinajstić information content (AvgIpc) is 2.95. The van der Waals surface area contributed by atoms with E-state index in [4.69, 9.17) is 9.47 Å². The van der Waals surface area contributed by atoms with E-state index in [1.165, 1.54) is 0 Å². The lowest BCUT2D eigenvalue weighted by molar-refractivity contribution is -0.121. The summed E-state index contributed by atoms with van der Waals surface area (Å²) in [6.07, 6.45) is 0.0403. The van der Waals surface area contributed by atoms with Crippen molar-refractivity contribution in [2.24, 2.45) is 0 Å². The number of nitrogens with one attached hydrogen (secondary N) is 1. The second-order valence-electron chi connectivity index (χ2n) is 6.76. The number of rotatable bonds is 8. The Morgan fingerprint density at radius 3 is 2.52 bits per heavy atom. The minimum Gasteiger partial charge on any atom is -0.493 e. The van der Waals surface area contributed by atoms with E-state index in [0.29, 0.717) is 35.8 Å². The predicted octanol–water partition coefficient (Wildman–Crippen LogP) is 2.70. The summed E-state index contributed by atoms with van der Waals surface area (Å²) in [5.41, 5.74) is 2.56. The number of fused-ring (bicyclic) bond motifs is 1. The van der Waals surface area contributed by atoms with Crippen molar-refractivity contribution in [1.82, 2.24) is 10.2 Å². The van der Waals surface area contributed by atoms with Gasteiger partial charge < -0.3 is 14.8 Å². The van der Waals surface area contributed by atoms with Gasteiger partial charge in [-0.05, 0) is 43.7 Å². The topological polar surface area (TPSA) is 84.9 Å². The molecular weight excluding hydrogens is 372 g/mol. The molecule has 0 fully saturated rings. The molecule has 3 amide bonds. The average molecular weight is 396 g/mol. The standard InChI is InChI=1S/C22H24N2O5/c1-4-29-18-8-6-15(12-19(18)28-3)13-23-20(25)9-10-24-21(26)16-7-5-14(2)11-17(16)22(24)27/h5-8,11-12H,4,9-10,13H2,1-3H3,(H,23,25). The summed E-state index contributed by atoms with van der Waals surface area (Å²) < 4.78 is 10.8. The van der Waals surface area contributed by atoms with Gasteiger partial charge in [-0.3, -0.25) is 19.3 Å². The van der Waals surface area contributed by atoms with Crippen LogP contribution in [0.15, 0.2) is 36.4 Å². The van der Waals surface area contributed by atoms with Crippen molar-refractivity contribution in [1.29, 1.82) is 0 Å². The van der Waals surface area contributed by atoms with Crippen LogP contribution < -0.4 is 14.8 Å².